The Morgan fingerprint density at radius 2 is 2.10 bits per heavy atom. The quantitative estimate of drug-likeness (QED) is 0.910. The van der Waals surface area contributed by atoms with Crippen molar-refractivity contribution in [2.75, 3.05) is 14.2 Å². The van der Waals surface area contributed by atoms with Gasteiger partial charge in [0.2, 0.25) is 11.8 Å². The van der Waals surface area contributed by atoms with Crippen molar-refractivity contribution in [2.24, 2.45) is 5.92 Å². The molecular formula is C15H18N2O4. The van der Waals surface area contributed by atoms with E-state index < -0.39 is 6.10 Å². The van der Waals surface area contributed by atoms with Crippen LogP contribution >= 0.6 is 0 Å². The van der Waals surface area contributed by atoms with E-state index in [0.717, 1.165) is 12.2 Å². The fourth-order valence-electron chi connectivity index (χ4n) is 2.37. The smallest absolute Gasteiger partial charge is 0.241 e. The van der Waals surface area contributed by atoms with Crippen LogP contribution < -0.4 is 9.47 Å². The lowest BCUT2D eigenvalue weighted by Gasteiger charge is -2.11. The Morgan fingerprint density at radius 1 is 1.33 bits per heavy atom. The number of nitrogens with zero attached hydrogens (tertiary/aromatic N) is 2. The summed E-state index contributed by atoms with van der Waals surface area (Å²) in [5.41, 5.74) is 0.308. The molecule has 112 valence electrons. The Kier molecular flexibility index (Phi) is 3.55. The maximum absolute atomic E-state index is 10.4. The van der Waals surface area contributed by atoms with E-state index in [1.165, 1.54) is 20.4 Å². The Labute approximate surface area is 122 Å². The van der Waals surface area contributed by atoms with Crippen LogP contribution in [0.1, 0.15) is 42.6 Å². The predicted octanol–water partition coefficient (Wildman–Crippen LogP) is 2.29. The number of aliphatic hydroxyl groups excluding tert-OH is 1. The normalized spacial score (nSPS) is 21.9. The lowest BCUT2D eigenvalue weighted by atomic mass is 10.2. The summed E-state index contributed by atoms with van der Waals surface area (Å²) in [5, 5.41) is 10.4. The van der Waals surface area contributed by atoms with Gasteiger partial charge in [0.05, 0.1) is 20.4 Å². The summed E-state index contributed by atoms with van der Waals surface area (Å²) < 4.78 is 15.9. The summed E-state index contributed by atoms with van der Waals surface area (Å²) in [5.74, 6) is 3.03. The molecule has 3 rings (SSSR count). The largest absolute Gasteiger partial charge is 0.480 e. The summed E-state index contributed by atoms with van der Waals surface area (Å²) in [7, 11) is 2.97. The molecule has 0 saturated heterocycles. The van der Waals surface area contributed by atoms with Crippen molar-refractivity contribution in [3.05, 3.63) is 35.5 Å². The molecule has 3 unspecified atom stereocenters. The lowest BCUT2D eigenvalue weighted by molar-refractivity contribution is 0.175. The summed E-state index contributed by atoms with van der Waals surface area (Å²) >= 11 is 0. The molecule has 0 aliphatic heterocycles. The standard InChI is InChI=1S/C15H18N2O4/c1-8-6-9(8)10-4-5-11(21-10)14(18)13-15(20-3)17-12(19-2)7-16-13/h4-5,7-9,14,18H,6H2,1-3H3. The number of hydrogen-bond donors (Lipinski definition) is 1. The molecule has 1 N–H and O–H groups in total. The van der Waals surface area contributed by atoms with Crippen molar-refractivity contribution in [2.45, 2.75) is 25.4 Å². The monoisotopic (exact) mass is 290 g/mol. The first-order valence-corrected chi connectivity index (χ1v) is 6.86. The highest BCUT2D eigenvalue weighted by Crippen LogP contribution is 2.47. The average Bonchev–Trinajstić information content (AvgIpc) is 3.04. The third kappa shape index (κ3) is 2.58. The van der Waals surface area contributed by atoms with E-state index in [-0.39, 0.29) is 5.88 Å². The van der Waals surface area contributed by atoms with Crippen molar-refractivity contribution < 1.29 is 19.0 Å². The topological polar surface area (TPSA) is 77.6 Å². The minimum absolute atomic E-state index is 0.222. The number of aromatic nitrogens is 2. The number of rotatable bonds is 5. The first-order chi connectivity index (χ1) is 10.1. The van der Waals surface area contributed by atoms with Gasteiger partial charge in [0, 0.05) is 5.92 Å². The zero-order chi connectivity index (χ0) is 15.0. The molecule has 2 aromatic heterocycles. The Bertz CT molecular complexity index is 640. The Hall–Kier alpha value is -2.08. The van der Waals surface area contributed by atoms with Crippen LogP contribution in [0.25, 0.3) is 0 Å². The van der Waals surface area contributed by atoms with Crippen molar-refractivity contribution in [1.29, 1.82) is 0 Å². The van der Waals surface area contributed by atoms with E-state index >= 15 is 0 Å². The molecule has 1 aliphatic rings. The number of hydrogen-bond acceptors (Lipinski definition) is 6. The van der Waals surface area contributed by atoms with Gasteiger partial charge in [0.15, 0.2) is 6.10 Å². The maximum Gasteiger partial charge on any atom is 0.241 e. The minimum atomic E-state index is -1.01. The van der Waals surface area contributed by atoms with Crippen LogP contribution in [-0.2, 0) is 0 Å². The van der Waals surface area contributed by atoms with E-state index in [4.69, 9.17) is 13.9 Å². The zero-order valence-corrected chi connectivity index (χ0v) is 12.2. The van der Waals surface area contributed by atoms with E-state index in [1.54, 1.807) is 6.07 Å². The van der Waals surface area contributed by atoms with Gasteiger partial charge in [-0.3, -0.25) is 0 Å². The van der Waals surface area contributed by atoms with Gasteiger partial charge < -0.3 is 19.0 Å². The van der Waals surface area contributed by atoms with Gasteiger partial charge in [0.25, 0.3) is 0 Å². The Balaban J connectivity index is 1.87. The van der Waals surface area contributed by atoms with Crippen LogP contribution in [-0.4, -0.2) is 29.3 Å². The molecular weight excluding hydrogens is 272 g/mol. The van der Waals surface area contributed by atoms with Crippen LogP contribution in [0.5, 0.6) is 11.8 Å². The first-order valence-electron chi connectivity index (χ1n) is 6.86. The first kappa shape index (κ1) is 13.9. The highest BCUT2D eigenvalue weighted by molar-refractivity contribution is 5.30. The summed E-state index contributed by atoms with van der Waals surface area (Å²) in [6.07, 6.45) is 1.56. The second-order valence-electron chi connectivity index (χ2n) is 5.27. The second kappa shape index (κ2) is 5.37. The van der Waals surface area contributed by atoms with Crippen LogP contribution in [0.3, 0.4) is 0 Å². The number of ether oxygens (including phenoxy) is 2. The van der Waals surface area contributed by atoms with Crippen molar-refractivity contribution in [3.8, 4) is 11.8 Å². The highest BCUT2D eigenvalue weighted by atomic mass is 16.5. The van der Waals surface area contributed by atoms with E-state index in [2.05, 4.69) is 16.9 Å². The summed E-state index contributed by atoms with van der Waals surface area (Å²) in [6, 6.07) is 3.69. The molecule has 1 saturated carbocycles. The molecule has 0 bridgehead atoms. The molecule has 6 nitrogen and oxygen atoms in total. The molecule has 3 atom stereocenters. The molecule has 0 radical (unpaired) electrons. The summed E-state index contributed by atoms with van der Waals surface area (Å²) in [4.78, 5) is 8.27. The third-order valence-electron chi connectivity index (χ3n) is 3.80. The van der Waals surface area contributed by atoms with Crippen LogP contribution in [0.15, 0.2) is 22.7 Å². The van der Waals surface area contributed by atoms with Gasteiger partial charge in [-0.05, 0) is 24.5 Å². The molecule has 1 aliphatic carbocycles. The second-order valence-corrected chi connectivity index (χ2v) is 5.27. The fraction of sp³-hybridized carbons (Fsp3) is 0.467. The van der Waals surface area contributed by atoms with Crippen LogP contribution in [0.2, 0.25) is 0 Å². The van der Waals surface area contributed by atoms with Crippen molar-refractivity contribution >= 4 is 0 Å². The number of furan rings is 1. The fourth-order valence-corrected chi connectivity index (χ4v) is 2.37. The Morgan fingerprint density at radius 3 is 2.71 bits per heavy atom. The zero-order valence-electron chi connectivity index (χ0n) is 12.2. The van der Waals surface area contributed by atoms with Crippen molar-refractivity contribution in [1.82, 2.24) is 9.97 Å². The van der Waals surface area contributed by atoms with Crippen LogP contribution in [0.4, 0.5) is 0 Å². The SMILES string of the molecule is COc1cnc(C(O)c2ccc(C3CC3C)o2)c(OC)n1. The maximum atomic E-state index is 10.4. The molecule has 6 heteroatoms. The van der Waals surface area contributed by atoms with Crippen molar-refractivity contribution in [3.63, 3.8) is 0 Å². The van der Waals surface area contributed by atoms with Crippen LogP contribution in [0, 0.1) is 5.92 Å². The van der Waals surface area contributed by atoms with Gasteiger partial charge in [0.1, 0.15) is 17.2 Å². The van der Waals surface area contributed by atoms with Gasteiger partial charge in [-0.2, -0.15) is 4.98 Å². The number of aliphatic hydroxyl groups is 1. The summed E-state index contributed by atoms with van der Waals surface area (Å²) in [6.45, 7) is 2.18. The van der Waals surface area contributed by atoms with Gasteiger partial charge in [-0.25, -0.2) is 4.98 Å². The van der Waals surface area contributed by atoms with E-state index in [9.17, 15) is 5.11 Å². The average molecular weight is 290 g/mol. The van der Waals surface area contributed by atoms with Gasteiger partial charge in [-0.15, -0.1) is 0 Å². The van der Waals surface area contributed by atoms with Gasteiger partial charge in [-0.1, -0.05) is 6.92 Å². The van der Waals surface area contributed by atoms with Gasteiger partial charge >= 0.3 is 0 Å². The highest BCUT2D eigenvalue weighted by Gasteiger charge is 2.37. The molecule has 0 spiro atoms. The van der Waals surface area contributed by atoms with E-state index in [0.29, 0.717) is 29.2 Å². The molecule has 1 fully saturated rings. The minimum Gasteiger partial charge on any atom is -0.480 e. The molecule has 0 aromatic carbocycles. The molecule has 21 heavy (non-hydrogen) atoms. The van der Waals surface area contributed by atoms with E-state index in [1.807, 2.05) is 6.07 Å². The molecule has 0 amide bonds. The predicted molar refractivity (Wildman–Crippen MR) is 74.4 cm³/mol. The lowest BCUT2D eigenvalue weighted by Crippen LogP contribution is -2.06. The molecule has 2 heterocycles. The third-order valence-corrected chi connectivity index (χ3v) is 3.80. The number of methoxy groups -OCH3 is 2. The molecule has 2 aromatic rings.